The van der Waals surface area contributed by atoms with Crippen LogP contribution in [0.4, 0.5) is 31.0 Å². The quantitative estimate of drug-likeness (QED) is 0.138. The van der Waals surface area contributed by atoms with Gasteiger partial charge in [-0.25, -0.2) is 14.0 Å². The predicted molar refractivity (Wildman–Crippen MR) is 234 cm³/mol. The molecule has 64 heavy (non-hydrogen) atoms. The van der Waals surface area contributed by atoms with Gasteiger partial charge in [0.15, 0.2) is 0 Å². The van der Waals surface area contributed by atoms with Crippen molar-refractivity contribution in [1.82, 2.24) is 20.4 Å². The number of anilines is 3. The lowest BCUT2D eigenvalue weighted by atomic mass is 9.97. The van der Waals surface area contributed by atoms with Crippen molar-refractivity contribution in [2.24, 2.45) is 0 Å². The molecule has 6 rings (SSSR count). The third-order valence-electron chi connectivity index (χ3n) is 12.1. The average molecular weight is 888 g/mol. The summed E-state index contributed by atoms with van der Waals surface area (Å²) in [6.07, 6.45) is 1.65. The van der Waals surface area contributed by atoms with Gasteiger partial charge in [-0.1, -0.05) is 24.3 Å². The summed E-state index contributed by atoms with van der Waals surface area (Å²) in [6, 6.07) is 16.6. The number of aliphatic hydroxyl groups is 2. The fourth-order valence-electron chi connectivity index (χ4n) is 8.84. The van der Waals surface area contributed by atoms with E-state index in [1.54, 1.807) is 36.4 Å². The van der Waals surface area contributed by atoms with E-state index in [0.29, 0.717) is 37.1 Å². The van der Waals surface area contributed by atoms with Crippen LogP contribution < -0.4 is 26.2 Å². The molecule has 0 aliphatic carbocycles. The number of amides is 6. The number of hydrogen-bond donors (Lipinski definition) is 6. The zero-order valence-electron chi connectivity index (χ0n) is 36.9. The Bertz CT molecular complexity index is 2040. The second-order valence-electron chi connectivity index (χ2n) is 17.5. The van der Waals surface area contributed by atoms with E-state index in [2.05, 4.69) is 35.6 Å². The van der Waals surface area contributed by atoms with Gasteiger partial charge in [0, 0.05) is 30.2 Å². The number of nitrogens with one attached hydrogen (secondary N) is 4. The summed E-state index contributed by atoms with van der Waals surface area (Å²) in [5, 5.41) is 32.0. The molecule has 3 heterocycles. The number of ether oxygens (including phenoxy) is 2. The lowest BCUT2D eigenvalue weighted by Crippen LogP contribution is -2.60. The minimum absolute atomic E-state index is 0.129. The predicted octanol–water partition coefficient (Wildman–Crippen LogP) is 4.76. The molecule has 3 saturated heterocycles. The summed E-state index contributed by atoms with van der Waals surface area (Å²) in [6.45, 7) is 6.12. The number of benzene rings is 3. The monoisotopic (exact) mass is 887 g/mol. The Kier molecular flexibility index (Phi) is 14.5. The molecule has 0 radical (unpaired) electrons. The molecule has 3 aliphatic heterocycles. The van der Waals surface area contributed by atoms with E-state index < -0.39 is 71.2 Å². The molecule has 344 valence electrons. The molecule has 0 bridgehead atoms. The van der Waals surface area contributed by atoms with E-state index in [9.17, 15) is 43.4 Å². The van der Waals surface area contributed by atoms with Gasteiger partial charge in [-0.15, -0.1) is 0 Å². The largest absolute Gasteiger partial charge is 0.453 e. The van der Waals surface area contributed by atoms with Crippen LogP contribution in [0.3, 0.4) is 0 Å². The van der Waals surface area contributed by atoms with Crippen molar-refractivity contribution in [1.29, 1.82) is 0 Å². The first-order valence-corrected chi connectivity index (χ1v) is 21.4. The molecule has 0 unspecified atom stereocenters. The number of alkyl carbamates (subject to hydrolysis) is 2. The second-order valence-corrected chi connectivity index (χ2v) is 17.5. The van der Waals surface area contributed by atoms with Crippen LogP contribution in [0, 0.1) is 5.82 Å². The fourth-order valence-corrected chi connectivity index (χ4v) is 8.84. The molecule has 3 aromatic carbocycles. The van der Waals surface area contributed by atoms with Crippen molar-refractivity contribution in [3.05, 3.63) is 89.7 Å². The molecule has 0 saturated carbocycles. The molecule has 3 fully saturated rings. The van der Waals surface area contributed by atoms with E-state index in [1.165, 1.54) is 49.6 Å². The third kappa shape index (κ3) is 10.7. The molecular weight excluding hydrogens is 830 g/mol. The number of rotatable bonds is 13. The van der Waals surface area contributed by atoms with Crippen molar-refractivity contribution in [3.63, 3.8) is 0 Å². The van der Waals surface area contributed by atoms with Gasteiger partial charge >= 0.3 is 12.2 Å². The zero-order valence-corrected chi connectivity index (χ0v) is 36.9. The number of halogens is 1. The Balaban J connectivity index is 1.14. The van der Waals surface area contributed by atoms with Gasteiger partial charge in [0.1, 0.15) is 30.0 Å². The van der Waals surface area contributed by atoms with Crippen molar-refractivity contribution >= 4 is 52.9 Å². The SMILES string of the molecule is COC(=O)N[C@H](C(=O)N1CCC[C@H]1C(=O)Nc1ccc([C@@H]2CC[C@@H](c3ccc(NC(=O)[C@@H]4CCCN4C(=O)[C@@H](NC(=O)OC)C(C)(C)O)cc3)N2c2ccc(F)cc2)cc1)C(C)(C)O. The molecule has 6 atom stereocenters. The highest BCUT2D eigenvalue weighted by atomic mass is 19.1. The summed E-state index contributed by atoms with van der Waals surface area (Å²) >= 11 is 0. The number of hydrogen-bond acceptors (Lipinski definition) is 11. The first-order valence-electron chi connectivity index (χ1n) is 21.4. The van der Waals surface area contributed by atoms with Gasteiger partial charge in [-0.3, -0.25) is 19.2 Å². The van der Waals surface area contributed by atoms with Gasteiger partial charge in [0.2, 0.25) is 23.6 Å². The Morgan fingerprint density at radius 1 is 0.609 bits per heavy atom. The highest BCUT2D eigenvalue weighted by molar-refractivity contribution is 6.00. The molecule has 6 N–H and O–H groups in total. The Morgan fingerprint density at radius 2 is 0.984 bits per heavy atom. The maximum absolute atomic E-state index is 14.2. The summed E-state index contributed by atoms with van der Waals surface area (Å²) in [4.78, 5) is 83.3. The first-order chi connectivity index (χ1) is 30.3. The van der Waals surface area contributed by atoms with Crippen LogP contribution in [0.2, 0.25) is 0 Å². The summed E-state index contributed by atoms with van der Waals surface area (Å²) in [5.41, 5.74) is 0.481. The molecule has 3 aliphatic rings. The average Bonchev–Trinajstić information content (AvgIpc) is 4.05. The number of nitrogens with zero attached hydrogens (tertiary/aromatic N) is 3. The van der Waals surface area contributed by atoms with Crippen molar-refractivity contribution < 1.29 is 52.8 Å². The van der Waals surface area contributed by atoms with Crippen LogP contribution in [0.25, 0.3) is 0 Å². The van der Waals surface area contributed by atoms with Gasteiger partial charge in [0.05, 0.1) is 37.5 Å². The highest BCUT2D eigenvalue weighted by Gasteiger charge is 2.45. The van der Waals surface area contributed by atoms with E-state index in [-0.39, 0.29) is 31.0 Å². The van der Waals surface area contributed by atoms with Crippen LogP contribution >= 0.6 is 0 Å². The molecule has 17 nitrogen and oxygen atoms in total. The van der Waals surface area contributed by atoms with Gasteiger partial charge in [-0.2, -0.15) is 0 Å². The van der Waals surface area contributed by atoms with Crippen molar-refractivity contribution in [2.75, 3.05) is 42.8 Å². The number of methoxy groups -OCH3 is 2. The lowest BCUT2D eigenvalue weighted by Gasteiger charge is -2.34. The van der Waals surface area contributed by atoms with Gasteiger partial charge < -0.3 is 55.7 Å². The van der Waals surface area contributed by atoms with Crippen molar-refractivity contribution in [3.8, 4) is 0 Å². The smallest absolute Gasteiger partial charge is 0.407 e. The third-order valence-corrected chi connectivity index (χ3v) is 12.1. The summed E-state index contributed by atoms with van der Waals surface area (Å²) in [7, 11) is 2.30. The number of carbonyl (C=O) groups is 6. The maximum Gasteiger partial charge on any atom is 0.407 e. The standard InChI is InChI=1S/C46H58FN7O10/c1-45(2,61)37(50-43(59)63-5)41(57)52-25-7-9-35(52)39(55)48-30-17-11-27(12-18-30)33-23-24-34(54(33)32-21-15-29(47)16-22-32)28-13-19-31(20-14-28)49-40(56)36-10-8-26-53(36)42(58)38(46(3,4)62)51-44(60)64-6/h11-22,33-38,61-62H,7-10,23-26H2,1-6H3,(H,48,55)(H,49,56)(H,50,59)(H,51,60)/t33-,34-,35-,36-,37+,38+/m0/s1. The van der Waals surface area contributed by atoms with E-state index in [4.69, 9.17) is 0 Å². The van der Waals surface area contributed by atoms with Crippen LogP contribution in [-0.4, -0.2) is 119 Å². The lowest BCUT2D eigenvalue weighted by molar-refractivity contribution is -0.143. The molecule has 0 spiro atoms. The Labute approximate surface area is 371 Å². The molecule has 18 heteroatoms. The van der Waals surface area contributed by atoms with Crippen LogP contribution in [0.5, 0.6) is 0 Å². The van der Waals surface area contributed by atoms with Gasteiger partial charge in [-0.05, 0) is 126 Å². The topological polar surface area (TPSA) is 219 Å². The highest BCUT2D eigenvalue weighted by Crippen LogP contribution is 2.47. The Morgan fingerprint density at radius 3 is 1.33 bits per heavy atom. The van der Waals surface area contributed by atoms with E-state index >= 15 is 0 Å². The van der Waals surface area contributed by atoms with Crippen LogP contribution in [0.15, 0.2) is 72.8 Å². The molecule has 3 aromatic rings. The Hall–Kier alpha value is -6.27. The minimum Gasteiger partial charge on any atom is -0.453 e. The first kappa shape index (κ1) is 47.2. The molecule has 6 amide bonds. The molecular formula is C46H58FN7O10. The summed E-state index contributed by atoms with van der Waals surface area (Å²) < 4.78 is 23.5. The van der Waals surface area contributed by atoms with Gasteiger partial charge in [0.25, 0.3) is 0 Å². The maximum atomic E-state index is 14.2. The minimum atomic E-state index is -1.63. The van der Waals surface area contributed by atoms with Crippen LogP contribution in [0.1, 0.15) is 89.4 Å². The normalized spacial score (nSPS) is 20.9. The second kappa shape index (κ2) is 19.6. The van der Waals surface area contributed by atoms with Crippen molar-refractivity contribution in [2.45, 2.75) is 114 Å². The number of carbonyl (C=O) groups excluding carboxylic acids is 6. The summed E-state index contributed by atoms with van der Waals surface area (Å²) in [5.74, 6) is -2.37. The fraction of sp³-hybridized carbons (Fsp3) is 0.478. The molecule has 0 aromatic heterocycles. The van der Waals surface area contributed by atoms with E-state index in [1.807, 2.05) is 24.3 Å². The van der Waals surface area contributed by atoms with E-state index in [0.717, 1.165) is 43.9 Å². The van der Waals surface area contributed by atoms with Crippen LogP contribution in [-0.2, 0) is 28.7 Å². The zero-order chi connectivity index (χ0) is 46.5. The number of likely N-dealkylation sites (tertiary alicyclic amines) is 2.